The van der Waals surface area contributed by atoms with Crippen molar-refractivity contribution in [2.45, 2.75) is 0 Å². The van der Waals surface area contributed by atoms with Crippen molar-refractivity contribution in [2.75, 3.05) is 0 Å². The minimum atomic E-state index is 0.473. The van der Waals surface area contributed by atoms with Crippen molar-refractivity contribution in [3.63, 3.8) is 0 Å². The summed E-state index contributed by atoms with van der Waals surface area (Å²) in [6, 6.07) is 36.2. The Morgan fingerprint density at radius 2 is 1.05 bits per heavy atom. The van der Waals surface area contributed by atoms with Gasteiger partial charge in [0, 0.05) is 40.3 Å². The minimum Gasteiger partial charge on any atom is -0.255 e. The monoisotopic (exact) mass is 539 g/mol. The summed E-state index contributed by atoms with van der Waals surface area (Å²) in [7, 11) is 0. The van der Waals surface area contributed by atoms with Crippen LogP contribution < -0.4 is 0 Å². The molecule has 0 N–H and O–H groups in total. The van der Waals surface area contributed by atoms with Crippen LogP contribution in [0.15, 0.2) is 128 Å². The molecule has 5 heterocycles. The van der Waals surface area contributed by atoms with E-state index >= 15 is 0 Å². The highest BCUT2D eigenvalue weighted by Crippen LogP contribution is 2.37. The SMILES string of the molecule is c1ccc(-c2nc(-c3ccnc(-c4nc5ccccc5c5c4ccc4ccccc45)c3)nc(-c3ccccn3)n2)nc1. The highest BCUT2D eigenvalue weighted by atomic mass is 15.1. The Morgan fingerprint density at radius 3 is 1.79 bits per heavy atom. The number of nitrogens with zero attached hydrogens (tertiary/aromatic N) is 7. The van der Waals surface area contributed by atoms with Crippen molar-refractivity contribution in [3.05, 3.63) is 128 Å². The molecule has 0 radical (unpaired) electrons. The van der Waals surface area contributed by atoms with Gasteiger partial charge in [0.15, 0.2) is 17.5 Å². The average molecular weight is 540 g/mol. The van der Waals surface area contributed by atoms with E-state index in [1.807, 2.05) is 60.7 Å². The van der Waals surface area contributed by atoms with Crippen molar-refractivity contribution in [1.82, 2.24) is 34.9 Å². The number of benzene rings is 3. The number of hydrogen-bond acceptors (Lipinski definition) is 7. The summed E-state index contributed by atoms with van der Waals surface area (Å²) in [5, 5.41) is 5.68. The molecule has 5 aromatic heterocycles. The second kappa shape index (κ2) is 9.91. The number of fused-ring (bicyclic) bond motifs is 5. The number of aromatic nitrogens is 7. The predicted molar refractivity (Wildman–Crippen MR) is 165 cm³/mol. The highest BCUT2D eigenvalue weighted by Gasteiger charge is 2.17. The third-order valence-electron chi connectivity index (χ3n) is 7.27. The molecule has 0 amide bonds. The van der Waals surface area contributed by atoms with E-state index in [0.29, 0.717) is 28.9 Å². The Morgan fingerprint density at radius 1 is 0.405 bits per heavy atom. The maximum absolute atomic E-state index is 5.11. The van der Waals surface area contributed by atoms with Gasteiger partial charge in [-0.05, 0) is 53.2 Å². The van der Waals surface area contributed by atoms with Crippen LogP contribution in [-0.2, 0) is 0 Å². The highest BCUT2D eigenvalue weighted by molar-refractivity contribution is 6.22. The Hall–Kier alpha value is -5.95. The van der Waals surface area contributed by atoms with E-state index in [4.69, 9.17) is 24.9 Å². The van der Waals surface area contributed by atoms with Gasteiger partial charge in [0.1, 0.15) is 11.4 Å². The quantitative estimate of drug-likeness (QED) is 0.213. The maximum Gasteiger partial charge on any atom is 0.182 e. The molecule has 8 aromatic rings. The van der Waals surface area contributed by atoms with Gasteiger partial charge in [-0.1, -0.05) is 66.7 Å². The third kappa shape index (κ3) is 4.12. The lowest BCUT2D eigenvalue weighted by Gasteiger charge is -2.13. The first kappa shape index (κ1) is 23.9. The van der Waals surface area contributed by atoms with Crippen molar-refractivity contribution in [2.24, 2.45) is 0 Å². The summed E-state index contributed by atoms with van der Waals surface area (Å²) in [5.41, 5.74) is 4.56. The number of rotatable bonds is 4. The molecule has 0 fully saturated rings. The number of para-hydroxylation sites is 1. The van der Waals surface area contributed by atoms with Gasteiger partial charge in [-0.25, -0.2) is 19.9 Å². The zero-order valence-electron chi connectivity index (χ0n) is 22.3. The molecule has 0 saturated carbocycles. The summed E-state index contributed by atoms with van der Waals surface area (Å²) in [6.07, 6.45) is 5.23. The zero-order chi connectivity index (χ0) is 27.9. The summed E-state index contributed by atoms with van der Waals surface area (Å²) >= 11 is 0. The van der Waals surface area contributed by atoms with Crippen LogP contribution in [0.3, 0.4) is 0 Å². The van der Waals surface area contributed by atoms with Gasteiger partial charge in [0.25, 0.3) is 0 Å². The lowest BCUT2D eigenvalue weighted by atomic mass is 9.96. The molecule has 7 nitrogen and oxygen atoms in total. The summed E-state index contributed by atoms with van der Waals surface area (Å²) in [5.74, 6) is 1.45. The molecule has 0 saturated heterocycles. The molecule has 0 unspecified atom stereocenters. The van der Waals surface area contributed by atoms with Gasteiger partial charge in [-0.15, -0.1) is 0 Å². The van der Waals surface area contributed by atoms with Crippen molar-refractivity contribution >= 4 is 32.4 Å². The summed E-state index contributed by atoms with van der Waals surface area (Å²) in [4.78, 5) is 33.2. The molecule has 7 heteroatoms. The van der Waals surface area contributed by atoms with Gasteiger partial charge in [-0.3, -0.25) is 15.0 Å². The van der Waals surface area contributed by atoms with E-state index < -0.39 is 0 Å². The fourth-order valence-corrected chi connectivity index (χ4v) is 5.34. The van der Waals surface area contributed by atoms with Crippen molar-refractivity contribution in [1.29, 1.82) is 0 Å². The fourth-order valence-electron chi connectivity index (χ4n) is 5.34. The fraction of sp³-hybridized carbons (Fsp3) is 0. The Labute approximate surface area is 240 Å². The standard InChI is InChI=1S/C35H21N7/c1-2-10-24-22(9-1)15-16-26-31(24)25-11-3-4-12-27(25)39-32(26)30-21-23(17-20-38-30)33-40-34(28-13-5-7-18-36-28)42-35(41-33)29-14-6-8-19-37-29/h1-21H. The molecule has 3 aromatic carbocycles. The molecule has 0 atom stereocenters. The first-order valence-corrected chi connectivity index (χ1v) is 13.6. The van der Waals surface area contributed by atoms with Crippen LogP contribution in [0.5, 0.6) is 0 Å². The van der Waals surface area contributed by atoms with Gasteiger partial charge in [0.2, 0.25) is 0 Å². The molecule has 0 aliphatic rings. The topological polar surface area (TPSA) is 90.2 Å². The van der Waals surface area contributed by atoms with Gasteiger partial charge >= 0.3 is 0 Å². The summed E-state index contributed by atoms with van der Waals surface area (Å²) < 4.78 is 0. The Bertz CT molecular complexity index is 2180. The van der Waals surface area contributed by atoms with Gasteiger partial charge < -0.3 is 0 Å². The van der Waals surface area contributed by atoms with Crippen LogP contribution in [-0.4, -0.2) is 34.9 Å². The Balaban J connectivity index is 1.35. The maximum atomic E-state index is 5.11. The summed E-state index contributed by atoms with van der Waals surface area (Å²) in [6.45, 7) is 0. The molecular formula is C35H21N7. The van der Waals surface area contributed by atoms with E-state index in [1.165, 1.54) is 10.8 Å². The second-order valence-corrected chi connectivity index (χ2v) is 9.85. The number of pyridine rings is 4. The first-order valence-electron chi connectivity index (χ1n) is 13.6. The van der Waals surface area contributed by atoms with Gasteiger partial charge in [0.05, 0.1) is 16.9 Å². The molecule has 8 rings (SSSR count). The first-order chi connectivity index (χ1) is 20.8. The normalized spacial score (nSPS) is 11.3. The second-order valence-electron chi connectivity index (χ2n) is 9.85. The van der Waals surface area contributed by atoms with Crippen LogP contribution in [0.25, 0.3) is 78.3 Å². The van der Waals surface area contributed by atoms with Crippen LogP contribution in [0.4, 0.5) is 0 Å². The molecular weight excluding hydrogens is 518 g/mol. The predicted octanol–water partition coefficient (Wildman–Crippen LogP) is 7.58. The molecule has 196 valence electrons. The van der Waals surface area contributed by atoms with E-state index in [1.54, 1.807) is 18.6 Å². The van der Waals surface area contributed by atoms with Crippen molar-refractivity contribution in [3.8, 4) is 45.8 Å². The molecule has 42 heavy (non-hydrogen) atoms. The van der Waals surface area contributed by atoms with Crippen LogP contribution in [0.1, 0.15) is 0 Å². The molecule has 0 aliphatic carbocycles. The van der Waals surface area contributed by atoms with Crippen LogP contribution in [0.2, 0.25) is 0 Å². The third-order valence-corrected chi connectivity index (χ3v) is 7.27. The average Bonchev–Trinajstić information content (AvgIpc) is 3.08. The van der Waals surface area contributed by atoms with E-state index in [9.17, 15) is 0 Å². The lowest BCUT2D eigenvalue weighted by molar-refractivity contribution is 1.04. The lowest BCUT2D eigenvalue weighted by Crippen LogP contribution is -2.02. The van der Waals surface area contributed by atoms with Crippen LogP contribution in [0, 0.1) is 0 Å². The molecule has 0 aliphatic heterocycles. The van der Waals surface area contributed by atoms with Crippen LogP contribution >= 0.6 is 0 Å². The minimum absolute atomic E-state index is 0.473. The van der Waals surface area contributed by atoms with E-state index in [-0.39, 0.29) is 0 Å². The zero-order valence-corrected chi connectivity index (χ0v) is 22.3. The van der Waals surface area contributed by atoms with E-state index in [2.05, 4.69) is 58.5 Å². The smallest absolute Gasteiger partial charge is 0.182 e. The van der Waals surface area contributed by atoms with Crippen molar-refractivity contribution < 1.29 is 0 Å². The molecule has 0 spiro atoms. The number of hydrogen-bond donors (Lipinski definition) is 0. The van der Waals surface area contributed by atoms with Gasteiger partial charge in [-0.2, -0.15) is 0 Å². The Kier molecular flexibility index (Phi) is 5.64. The molecule has 0 bridgehead atoms. The van der Waals surface area contributed by atoms with E-state index in [0.717, 1.165) is 38.6 Å². The largest absolute Gasteiger partial charge is 0.255 e.